The van der Waals surface area contributed by atoms with E-state index in [-0.39, 0.29) is 22.8 Å². The van der Waals surface area contributed by atoms with E-state index in [1.165, 1.54) is 13.2 Å². The summed E-state index contributed by atoms with van der Waals surface area (Å²) in [6.07, 6.45) is -3.63. The van der Waals surface area contributed by atoms with Crippen molar-refractivity contribution in [3.05, 3.63) is 70.4 Å². The first kappa shape index (κ1) is 22.0. The van der Waals surface area contributed by atoms with Crippen molar-refractivity contribution in [1.82, 2.24) is 9.78 Å². The third kappa shape index (κ3) is 4.25. The highest BCUT2D eigenvalue weighted by molar-refractivity contribution is 6.32. The number of rotatable bonds is 4. The Morgan fingerprint density at radius 2 is 1.97 bits per heavy atom. The summed E-state index contributed by atoms with van der Waals surface area (Å²) < 4.78 is 47.4. The molecule has 2 atom stereocenters. The van der Waals surface area contributed by atoms with Crippen LogP contribution in [0.2, 0.25) is 5.02 Å². The number of anilines is 2. The van der Waals surface area contributed by atoms with Crippen LogP contribution in [0.5, 0.6) is 5.75 Å². The number of aryl methyl sites for hydroxylation is 1. The maximum Gasteiger partial charge on any atom is 0.410 e. The fourth-order valence-electron chi connectivity index (χ4n) is 3.69. The highest BCUT2D eigenvalue weighted by Crippen LogP contribution is 2.44. The van der Waals surface area contributed by atoms with Gasteiger partial charge in [-0.25, -0.2) is 4.68 Å². The zero-order valence-corrected chi connectivity index (χ0v) is 18.0. The summed E-state index contributed by atoms with van der Waals surface area (Å²) in [5.74, 6) is -0.157. The first-order valence-electron chi connectivity index (χ1n) is 9.79. The molecule has 0 radical (unpaired) electrons. The summed E-state index contributed by atoms with van der Waals surface area (Å²) in [7, 11) is 1.46. The van der Waals surface area contributed by atoms with Gasteiger partial charge in [-0.15, -0.1) is 0 Å². The SMILES string of the molecule is COc1ccc(NC(=O)c2cnn3c2NC(c2ccc(C)cc2)CC3C(F)(F)F)cc1Cl. The number of carbonyl (C=O) groups is 1. The van der Waals surface area contributed by atoms with Gasteiger partial charge in [0.25, 0.3) is 5.91 Å². The largest absolute Gasteiger partial charge is 0.495 e. The van der Waals surface area contributed by atoms with Gasteiger partial charge in [0.05, 0.1) is 24.4 Å². The van der Waals surface area contributed by atoms with E-state index in [1.54, 1.807) is 24.3 Å². The second kappa shape index (κ2) is 8.38. The monoisotopic (exact) mass is 464 g/mol. The lowest BCUT2D eigenvalue weighted by molar-refractivity contribution is -0.173. The van der Waals surface area contributed by atoms with Crippen molar-refractivity contribution in [3.8, 4) is 5.75 Å². The van der Waals surface area contributed by atoms with E-state index in [9.17, 15) is 18.0 Å². The Labute approximate surface area is 187 Å². The molecule has 2 N–H and O–H groups in total. The van der Waals surface area contributed by atoms with Crippen molar-refractivity contribution in [1.29, 1.82) is 0 Å². The Morgan fingerprint density at radius 3 is 2.59 bits per heavy atom. The number of amides is 1. The average Bonchev–Trinajstić information content (AvgIpc) is 3.17. The molecule has 0 fully saturated rings. The van der Waals surface area contributed by atoms with Crippen LogP contribution in [-0.2, 0) is 0 Å². The number of methoxy groups -OCH3 is 1. The fourth-order valence-corrected chi connectivity index (χ4v) is 3.95. The molecule has 2 aromatic carbocycles. The van der Waals surface area contributed by atoms with Gasteiger partial charge in [-0.05, 0) is 30.7 Å². The Morgan fingerprint density at radius 1 is 1.25 bits per heavy atom. The molecule has 168 valence electrons. The standard InChI is InChI=1S/C22H20ClF3N4O2/c1-12-3-5-13(6-4-12)17-10-19(22(24,25)26)30-20(29-17)15(11-27-30)21(31)28-14-7-8-18(32-2)16(23)9-14/h3-9,11,17,19,29H,10H2,1-2H3,(H,28,31). The Balaban J connectivity index is 1.66. The summed E-state index contributed by atoms with van der Waals surface area (Å²) in [6, 6.07) is 9.41. The van der Waals surface area contributed by atoms with Crippen LogP contribution in [0.15, 0.2) is 48.7 Å². The number of ether oxygens (including phenoxy) is 1. The molecule has 1 aliphatic heterocycles. The van der Waals surface area contributed by atoms with Crippen molar-refractivity contribution in [2.24, 2.45) is 0 Å². The molecule has 0 saturated heterocycles. The minimum Gasteiger partial charge on any atom is -0.495 e. The summed E-state index contributed by atoms with van der Waals surface area (Å²) in [4.78, 5) is 12.9. The minimum absolute atomic E-state index is 0.00278. The van der Waals surface area contributed by atoms with Gasteiger partial charge in [-0.3, -0.25) is 4.79 Å². The van der Waals surface area contributed by atoms with Gasteiger partial charge in [0.1, 0.15) is 17.1 Å². The lowest BCUT2D eigenvalue weighted by Crippen LogP contribution is -2.36. The van der Waals surface area contributed by atoms with Crippen molar-refractivity contribution in [3.63, 3.8) is 0 Å². The predicted molar refractivity (Wildman–Crippen MR) is 115 cm³/mol. The molecule has 1 aromatic heterocycles. The lowest BCUT2D eigenvalue weighted by atomic mass is 9.96. The number of nitrogens with zero attached hydrogens (tertiary/aromatic N) is 2. The Hall–Kier alpha value is -3.20. The van der Waals surface area contributed by atoms with E-state index in [4.69, 9.17) is 16.3 Å². The highest BCUT2D eigenvalue weighted by Gasteiger charge is 2.47. The fraction of sp³-hybridized carbons (Fsp3) is 0.273. The average molecular weight is 465 g/mol. The molecule has 32 heavy (non-hydrogen) atoms. The maximum atomic E-state index is 13.8. The third-order valence-electron chi connectivity index (χ3n) is 5.37. The van der Waals surface area contributed by atoms with Crippen LogP contribution in [0.4, 0.5) is 24.7 Å². The van der Waals surface area contributed by atoms with E-state index < -0.39 is 24.2 Å². The third-order valence-corrected chi connectivity index (χ3v) is 5.67. The second-order valence-corrected chi connectivity index (χ2v) is 7.96. The molecular weight excluding hydrogens is 445 g/mol. The zero-order chi connectivity index (χ0) is 23.0. The normalized spacial score (nSPS) is 17.9. The first-order valence-corrected chi connectivity index (χ1v) is 10.2. The highest BCUT2D eigenvalue weighted by atomic mass is 35.5. The van der Waals surface area contributed by atoms with Gasteiger partial charge in [-0.1, -0.05) is 41.4 Å². The number of benzene rings is 2. The molecule has 4 rings (SSSR count). The summed E-state index contributed by atoms with van der Waals surface area (Å²) in [6.45, 7) is 1.90. The molecule has 1 aliphatic rings. The van der Waals surface area contributed by atoms with E-state index in [2.05, 4.69) is 15.7 Å². The van der Waals surface area contributed by atoms with Gasteiger partial charge < -0.3 is 15.4 Å². The number of hydrogen-bond acceptors (Lipinski definition) is 4. The molecule has 0 saturated carbocycles. The quantitative estimate of drug-likeness (QED) is 0.514. The molecule has 0 spiro atoms. The maximum absolute atomic E-state index is 13.8. The van der Waals surface area contributed by atoms with Gasteiger partial charge in [-0.2, -0.15) is 18.3 Å². The topological polar surface area (TPSA) is 68.2 Å². The van der Waals surface area contributed by atoms with Gasteiger partial charge in [0.15, 0.2) is 6.04 Å². The van der Waals surface area contributed by atoms with Crippen LogP contribution in [0.1, 0.15) is 40.0 Å². The van der Waals surface area contributed by atoms with E-state index in [0.717, 1.165) is 16.4 Å². The van der Waals surface area contributed by atoms with Crippen LogP contribution >= 0.6 is 11.6 Å². The van der Waals surface area contributed by atoms with Crippen LogP contribution in [0, 0.1) is 6.92 Å². The number of nitrogens with one attached hydrogen (secondary N) is 2. The molecule has 1 amide bonds. The molecule has 2 heterocycles. The van der Waals surface area contributed by atoms with Crippen molar-refractivity contribution < 1.29 is 22.7 Å². The number of aromatic nitrogens is 2. The van der Waals surface area contributed by atoms with Gasteiger partial charge in [0, 0.05) is 12.1 Å². The Kier molecular flexibility index (Phi) is 5.77. The molecule has 3 aromatic rings. The molecule has 0 bridgehead atoms. The van der Waals surface area contributed by atoms with Crippen LogP contribution in [-0.4, -0.2) is 29.0 Å². The molecule has 2 unspecified atom stereocenters. The summed E-state index contributed by atoms with van der Waals surface area (Å²) in [5.41, 5.74) is 2.08. The smallest absolute Gasteiger partial charge is 0.410 e. The van der Waals surface area contributed by atoms with Gasteiger partial charge >= 0.3 is 6.18 Å². The summed E-state index contributed by atoms with van der Waals surface area (Å²) in [5, 5.41) is 9.89. The van der Waals surface area contributed by atoms with E-state index in [0.29, 0.717) is 17.0 Å². The molecular formula is C22H20ClF3N4O2. The zero-order valence-electron chi connectivity index (χ0n) is 17.2. The predicted octanol–water partition coefficient (Wildman–Crippen LogP) is 5.77. The van der Waals surface area contributed by atoms with Crippen molar-refractivity contribution in [2.75, 3.05) is 17.7 Å². The number of carbonyl (C=O) groups excluding carboxylic acids is 1. The number of fused-ring (bicyclic) bond motifs is 1. The number of halogens is 4. The molecule has 0 aliphatic carbocycles. The first-order chi connectivity index (χ1) is 15.2. The number of hydrogen-bond donors (Lipinski definition) is 2. The second-order valence-electron chi connectivity index (χ2n) is 7.56. The van der Waals surface area contributed by atoms with Crippen molar-refractivity contribution >= 4 is 29.0 Å². The van der Waals surface area contributed by atoms with E-state index in [1.807, 2.05) is 19.1 Å². The molecule has 10 heteroatoms. The minimum atomic E-state index is -4.52. The van der Waals surface area contributed by atoms with Crippen LogP contribution < -0.4 is 15.4 Å². The number of alkyl halides is 3. The van der Waals surface area contributed by atoms with Crippen LogP contribution in [0.3, 0.4) is 0 Å². The summed E-state index contributed by atoms with van der Waals surface area (Å²) >= 11 is 6.09. The lowest BCUT2D eigenvalue weighted by Gasteiger charge is -2.34. The molecule has 6 nitrogen and oxygen atoms in total. The van der Waals surface area contributed by atoms with Crippen LogP contribution in [0.25, 0.3) is 0 Å². The Bertz CT molecular complexity index is 1150. The van der Waals surface area contributed by atoms with Gasteiger partial charge in [0.2, 0.25) is 0 Å². The van der Waals surface area contributed by atoms with Crippen molar-refractivity contribution in [2.45, 2.75) is 31.6 Å². The van der Waals surface area contributed by atoms with E-state index >= 15 is 0 Å².